The number of rotatable bonds is 1. The van der Waals surface area contributed by atoms with Crippen molar-refractivity contribution in [2.24, 2.45) is 4.99 Å². The second kappa shape index (κ2) is 3.27. The van der Waals surface area contributed by atoms with Crippen molar-refractivity contribution in [1.29, 1.82) is 0 Å². The minimum Gasteiger partial charge on any atom is -0.275 e. The van der Waals surface area contributed by atoms with Crippen LogP contribution < -0.4 is 0 Å². The van der Waals surface area contributed by atoms with Gasteiger partial charge in [-0.1, -0.05) is 6.07 Å². The molecule has 0 unspecified atom stereocenters. The Morgan fingerprint density at radius 2 is 2.42 bits per heavy atom. The third-order valence-electron chi connectivity index (χ3n) is 1.80. The number of aromatic nitrogens is 1. The highest BCUT2D eigenvalue weighted by Gasteiger charge is 2.12. The molecule has 1 aromatic rings. The van der Waals surface area contributed by atoms with E-state index in [1.807, 2.05) is 12.3 Å². The van der Waals surface area contributed by atoms with Crippen molar-refractivity contribution in [1.82, 2.24) is 4.98 Å². The van der Waals surface area contributed by atoms with Crippen molar-refractivity contribution in [3.05, 3.63) is 29.6 Å². The zero-order chi connectivity index (χ0) is 8.39. The van der Waals surface area contributed by atoms with Crippen molar-refractivity contribution >= 4 is 16.8 Å². The highest BCUT2D eigenvalue weighted by molar-refractivity contribution is 8.14. The fourth-order valence-electron chi connectivity index (χ4n) is 1.19. The summed E-state index contributed by atoms with van der Waals surface area (Å²) in [6.45, 7) is 3.01. The first-order chi connectivity index (χ1) is 5.88. The summed E-state index contributed by atoms with van der Waals surface area (Å²) < 4.78 is 0. The molecule has 0 fully saturated rings. The molecule has 2 heterocycles. The van der Waals surface area contributed by atoms with E-state index in [-0.39, 0.29) is 0 Å². The maximum atomic E-state index is 4.38. The summed E-state index contributed by atoms with van der Waals surface area (Å²) in [6, 6.07) is 4.03. The molecule has 3 heteroatoms. The fraction of sp³-hybridized carbons (Fsp3) is 0.333. The molecule has 62 valence electrons. The predicted octanol–water partition coefficient (Wildman–Crippen LogP) is 1.88. The highest BCUT2D eigenvalue weighted by Crippen LogP contribution is 2.19. The first-order valence-corrected chi connectivity index (χ1v) is 4.96. The Morgan fingerprint density at radius 1 is 1.50 bits per heavy atom. The third kappa shape index (κ3) is 1.37. The summed E-state index contributed by atoms with van der Waals surface area (Å²) in [5.74, 6) is 1.10. The molecule has 12 heavy (non-hydrogen) atoms. The number of aryl methyl sites for hydroxylation is 1. The van der Waals surface area contributed by atoms with Gasteiger partial charge in [0.15, 0.2) is 0 Å². The summed E-state index contributed by atoms with van der Waals surface area (Å²) in [4.78, 5) is 8.69. The lowest BCUT2D eigenvalue weighted by Crippen LogP contribution is -1.98. The second-order valence-electron chi connectivity index (χ2n) is 2.70. The van der Waals surface area contributed by atoms with E-state index in [1.165, 1.54) is 5.56 Å². The van der Waals surface area contributed by atoms with Gasteiger partial charge in [-0.05, 0) is 18.6 Å². The highest BCUT2D eigenvalue weighted by atomic mass is 32.2. The summed E-state index contributed by atoms with van der Waals surface area (Å²) in [5.41, 5.74) is 2.27. The molecule has 0 atom stereocenters. The van der Waals surface area contributed by atoms with E-state index in [0.29, 0.717) is 0 Å². The Bertz CT molecular complexity index is 320. The van der Waals surface area contributed by atoms with Crippen LogP contribution in [0.4, 0.5) is 0 Å². The monoisotopic (exact) mass is 178 g/mol. The van der Waals surface area contributed by atoms with Crippen molar-refractivity contribution in [3.63, 3.8) is 0 Å². The Hall–Kier alpha value is -0.830. The van der Waals surface area contributed by atoms with Gasteiger partial charge in [-0.15, -0.1) is 11.8 Å². The predicted molar refractivity (Wildman–Crippen MR) is 52.8 cm³/mol. The average molecular weight is 178 g/mol. The molecule has 0 aromatic carbocycles. The van der Waals surface area contributed by atoms with E-state index >= 15 is 0 Å². The minimum atomic E-state index is 0.940. The molecule has 1 aromatic heterocycles. The molecule has 0 N–H and O–H groups in total. The molecule has 1 aliphatic rings. The Kier molecular flexibility index (Phi) is 2.13. The molecule has 0 radical (unpaired) electrons. The SMILES string of the molecule is Cc1cccnc1C1=NCCS1. The standard InChI is InChI=1S/C9H10N2S/c1-7-3-2-4-10-8(7)9-11-5-6-12-9/h2-4H,5-6H2,1H3. The van der Waals surface area contributed by atoms with Gasteiger partial charge in [0.1, 0.15) is 5.04 Å². The molecule has 0 saturated carbocycles. The second-order valence-corrected chi connectivity index (χ2v) is 3.79. The lowest BCUT2D eigenvalue weighted by molar-refractivity contribution is 1.16. The zero-order valence-electron chi connectivity index (χ0n) is 6.95. The molecule has 0 amide bonds. The summed E-state index contributed by atoms with van der Waals surface area (Å²) in [5, 5.41) is 1.10. The quantitative estimate of drug-likeness (QED) is 0.656. The molecular formula is C9H10N2S. The topological polar surface area (TPSA) is 25.2 Å². The van der Waals surface area contributed by atoms with Crippen molar-refractivity contribution in [3.8, 4) is 0 Å². The number of hydrogen-bond donors (Lipinski definition) is 0. The van der Waals surface area contributed by atoms with Crippen LogP contribution in [0.5, 0.6) is 0 Å². The molecule has 2 nitrogen and oxygen atoms in total. The molecule has 1 aliphatic heterocycles. The molecule has 2 rings (SSSR count). The van der Waals surface area contributed by atoms with E-state index in [4.69, 9.17) is 0 Å². The van der Waals surface area contributed by atoms with Crippen LogP contribution >= 0.6 is 11.8 Å². The van der Waals surface area contributed by atoms with E-state index < -0.39 is 0 Å². The van der Waals surface area contributed by atoms with E-state index in [9.17, 15) is 0 Å². The number of hydrogen-bond acceptors (Lipinski definition) is 3. The zero-order valence-corrected chi connectivity index (χ0v) is 7.77. The fourth-order valence-corrected chi connectivity index (χ4v) is 2.10. The summed E-state index contributed by atoms with van der Waals surface area (Å²) in [6.07, 6.45) is 1.82. The van der Waals surface area contributed by atoms with Crippen LogP contribution in [0.1, 0.15) is 11.3 Å². The molecule has 0 bridgehead atoms. The Morgan fingerprint density at radius 3 is 3.08 bits per heavy atom. The first kappa shape index (κ1) is 7.80. The van der Waals surface area contributed by atoms with Gasteiger partial charge in [-0.3, -0.25) is 9.98 Å². The minimum absolute atomic E-state index is 0.940. The van der Waals surface area contributed by atoms with Gasteiger partial charge >= 0.3 is 0 Å². The molecular weight excluding hydrogens is 168 g/mol. The maximum absolute atomic E-state index is 4.38. The third-order valence-corrected chi connectivity index (χ3v) is 2.78. The number of nitrogens with zero attached hydrogens (tertiary/aromatic N) is 2. The van der Waals surface area contributed by atoms with Gasteiger partial charge in [-0.25, -0.2) is 0 Å². The van der Waals surface area contributed by atoms with Crippen LogP contribution in [0.3, 0.4) is 0 Å². The lowest BCUT2D eigenvalue weighted by Gasteiger charge is -2.01. The normalized spacial score (nSPS) is 16.2. The largest absolute Gasteiger partial charge is 0.275 e. The van der Waals surface area contributed by atoms with Gasteiger partial charge in [0.25, 0.3) is 0 Å². The van der Waals surface area contributed by atoms with Crippen LogP contribution in [0.25, 0.3) is 0 Å². The van der Waals surface area contributed by atoms with Crippen molar-refractivity contribution in [2.75, 3.05) is 12.3 Å². The van der Waals surface area contributed by atoms with Gasteiger partial charge in [0, 0.05) is 18.5 Å². The van der Waals surface area contributed by atoms with Gasteiger partial charge in [-0.2, -0.15) is 0 Å². The van der Waals surface area contributed by atoms with E-state index in [2.05, 4.69) is 23.0 Å². The van der Waals surface area contributed by atoms with Crippen molar-refractivity contribution in [2.45, 2.75) is 6.92 Å². The molecule has 0 spiro atoms. The Balaban J connectivity index is 2.39. The van der Waals surface area contributed by atoms with Crippen LogP contribution in [-0.4, -0.2) is 22.3 Å². The molecule has 0 saturated heterocycles. The van der Waals surface area contributed by atoms with E-state index in [0.717, 1.165) is 23.0 Å². The average Bonchev–Trinajstić information content (AvgIpc) is 2.57. The Labute approximate surface area is 76.1 Å². The summed E-state index contributed by atoms with van der Waals surface area (Å²) in [7, 11) is 0. The lowest BCUT2D eigenvalue weighted by atomic mass is 10.2. The number of pyridine rings is 1. The van der Waals surface area contributed by atoms with Crippen LogP contribution in [0, 0.1) is 6.92 Å². The number of aliphatic imine (C=N–C) groups is 1. The van der Waals surface area contributed by atoms with Crippen molar-refractivity contribution < 1.29 is 0 Å². The van der Waals surface area contributed by atoms with Gasteiger partial charge < -0.3 is 0 Å². The van der Waals surface area contributed by atoms with E-state index in [1.54, 1.807) is 11.8 Å². The first-order valence-electron chi connectivity index (χ1n) is 3.97. The maximum Gasteiger partial charge on any atom is 0.116 e. The molecule has 0 aliphatic carbocycles. The van der Waals surface area contributed by atoms with Crippen LogP contribution in [0.15, 0.2) is 23.3 Å². The smallest absolute Gasteiger partial charge is 0.116 e. The van der Waals surface area contributed by atoms with Crippen LogP contribution in [-0.2, 0) is 0 Å². The van der Waals surface area contributed by atoms with Crippen LogP contribution in [0.2, 0.25) is 0 Å². The summed E-state index contributed by atoms with van der Waals surface area (Å²) >= 11 is 1.80. The number of thioether (sulfide) groups is 1. The van der Waals surface area contributed by atoms with Gasteiger partial charge in [0.2, 0.25) is 0 Å². The van der Waals surface area contributed by atoms with Gasteiger partial charge in [0.05, 0.1) is 5.69 Å².